The fourth-order valence-corrected chi connectivity index (χ4v) is 6.57. The number of benzene rings is 3. The fraction of sp³-hybridized carbons (Fsp3) is 0.341. The molecule has 1 fully saturated rings. The van der Waals surface area contributed by atoms with Gasteiger partial charge in [-0.3, -0.25) is 9.36 Å². The van der Waals surface area contributed by atoms with E-state index in [-0.39, 0.29) is 34.9 Å². The van der Waals surface area contributed by atoms with Crippen molar-refractivity contribution in [1.29, 1.82) is 5.26 Å². The van der Waals surface area contributed by atoms with Crippen LogP contribution >= 0.6 is 0 Å². The molecule has 0 aliphatic heterocycles. The molecule has 0 bridgehead atoms. The summed E-state index contributed by atoms with van der Waals surface area (Å²) in [6, 6.07) is 25.5. The third kappa shape index (κ3) is 9.79. The molecule has 288 valence electrons. The second kappa shape index (κ2) is 17.0. The summed E-state index contributed by atoms with van der Waals surface area (Å²) in [7, 11) is 8.01. The van der Waals surface area contributed by atoms with Gasteiger partial charge in [-0.1, -0.05) is 42.5 Å². The number of alkyl halides is 3. The maximum Gasteiger partial charge on any atom is 0.416 e. The van der Waals surface area contributed by atoms with Gasteiger partial charge in [0.15, 0.2) is 0 Å². The van der Waals surface area contributed by atoms with Crippen LogP contribution in [0.1, 0.15) is 42.5 Å². The molecule has 3 aromatic carbocycles. The summed E-state index contributed by atoms with van der Waals surface area (Å²) in [4.78, 5) is 43.0. The van der Waals surface area contributed by atoms with Crippen LogP contribution in [0.2, 0.25) is 0 Å². The molecule has 0 unspecified atom stereocenters. The molecule has 11 nitrogen and oxygen atoms in total. The average molecular weight is 756 g/mol. The van der Waals surface area contributed by atoms with Crippen LogP contribution in [0.25, 0.3) is 22.8 Å². The van der Waals surface area contributed by atoms with Gasteiger partial charge >= 0.3 is 17.9 Å². The number of hydrogen-bond acceptors (Lipinski definition) is 5. The number of aromatic nitrogens is 4. The van der Waals surface area contributed by atoms with Crippen LogP contribution in [0.3, 0.4) is 0 Å². The van der Waals surface area contributed by atoms with E-state index in [2.05, 4.69) is 37.6 Å². The van der Waals surface area contributed by atoms with Crippen LogP contribution < -0.4 is 11.0 Å². The Bertz CT molecular complexity index is 2160. The van der Waals surface area contributed by atoms with Crippen molar-refractivity contribution in [3.05, 3.63) is 124 Å². The van der Waals surface area contributed by atoms with Gasteiger partial charge in [0.1, 0.15) is 5.69 Å². The Morgan fingerprint density at radius 3 is 2.11 bits per heavy atom. The minimum atomic E-state index is -4.65. The average Bonchev–Trinajstić information content (AvgIpc) is 3.75. The van der Waals surface area contributed by atoms with Crippen LogP contribution in [0.4, 0.5) is 18.0 Å². The van der Waals surface area contributed by atoms with Crippen molar-refractivity contribution in [1.82, 2.24) is 29.1 Å². The second-order valence-corrected chi connectivity index (χ2v) is 14.6. The van der Waals surface area contributed by atoms with Crippen molar-refractivity contribution >= 4 is 11.9 Å². The number of nitriles is 1. The molecule has 0 saturated heterocycles. The fourth-order valence-electron chi connectivity index (χ4n) is 6.57. The van der Waals surface area contributed by atoms with Crippen molar-refractivity contribution in [2.24, 2.45) is 5.92 Å². The molecule has 1 aliphatic carbocycles. The molecule has 6 rings (SSSR count). The highest BCUT2D eigenvalue weighted by atomic mass is 19.4. The maximum absolute atomic E-state index is 14.1. The third-order valence-corrected chi connectivity index (χ3v) is 9.60. The summed E-state index contributed by atoms with van der Waals surface area (Å²) in [5.74, 6) is -0.100. The van der Waals surface area contributed by atoms with Crippen LogP contribution in [0, 0.1) is 24.2 Å². The zero-order valence-electron chi connectivity index (χ0n) is 31.6. The number of nitrogens with zero attached hydrogens (tertiary/aromatic N) is 7. The highest BCUT2D eigenvalue weighted by molar-refractivity contribution is 5.83. The lowest BCUT2D eigenvalue weighted by Crippen LogP contribution is -2.46. The summed E-state index contributed by atoms with van der Waals surface area (Å²) in [6.07, 6.45) is -0.994. The monoisotopic (exact) mass is 755 g/mol. The first-order valence-electron chi connectivity index (χ1n) is 18.0. The summed E-state index contributed by atoms with van der Waals surface area (Å²) < 4.78 is 45.3. The first-order valence-corrected chi connectivity index (χ1v) is 18.0. The highest BCUT2D eigenvalue weighted by Gasteiger charge is 2.34. The van der Waals surface area contributed by atoms with E-state index >= 15 is 0 Å². The molecule has 14 heteroatoms. The number of imidazole rings is 1. The van der Waals surface area contributed by atoms with Gasteiger partial charge < -0.3 is 14.7 Å². The molecular formula is C41H46F3N8O3+. The summed E-state index contributed by atoms with van der Waals surface area (Å²) in [5, 5.41) is 16.6. The zero-order chi connectivity index (χ0) is 39.9. The molecule has 2 heterocycles. The summed E-state index contributed by atoms with van der Waals surface area (Å²) in [6.45, 7) is 3.00. The largest absolute Gasteiger partial charge is 0.416 e. The highest BCUT2D eigenvalue weighted by Crippen LogP contribution is 2.32. The molecule has 5 aromatic rings. The SMILES string of the molecule is Cc1c(-c2ccnn2-c2ccc(C#N)cc2)n(C(=O)NC2CCC(C(=O)N(C)CC[N+](C)(C)C)CC2)c(=O)n1-c1cccc(C(F)(F)F)c1.c1ccccc1. The minimum Gasteiger partial charge on any atom is -0.340 e. The van der Waals surface area contributed by atoms with Gasteiger partial charge in [0.05, 0.1) is 80.4 Å². The van der Waals surface area contributed by atoms with Gasteiger partial charge in [-0.05, 0) is 81.1 Å². The molecule has 1 N–H and O–H groups in total. The van der Waals surface area contributed by atoms with Gasteiger partial charge in [-0.15, -0.1) is 0 Å². The lowest BCUT2D eigenvalue weighted by molar-refractivity contribution is -0.869. The van der Waals surface area contributed by atoms with E-state index in [1.807, 2.05) is 36.4 Å². The van der Waals surface area contributed by atoms with Crippen molar-refractivity contribution in [3.63, 3.8) is 0 Å². The van der Waals surface area contributed by atoms with Crippen LogP contribution in [0.15, 0.2) is 102 Å². The lowest BCUT2D eigenvalue weighted by Gasteiger charge is -2.32. The maximum atomic E-state index is 14.1. The van der Waals surface area contributed by atoms with E-state index in [0.717, 1.165) is 32.3 Å². The molecule has 0 spiro atoms. The number of rotatable bonds is 8. The van der Waals surface area contributed by atoms with Crippen LogP contribution in [-0.4, -0.2) is 87.6 Å². The standard InChI is InChI=1S/C35H39F3N8O3.C6H6/c1-23-31(30-17-18-40-45(30)28-15-9-24(22-39)10-16-28)44(34(49)43(23)29-8-6-7-26(21-29)35(36,37)38)33(48)41-27-13-11-25(12-14-27)32(47)42(2)19-20-46(3,4)5;1-2-4-6-5-3-1/h6-10,15-18,21,25,27H,11-14,19-20H2,1-5H3;1-6H/p+1. The van der Waals surface area contributed by atoms with Gasteiger partial charge in [-0.25, -0.2) is 18.8 Å². The molecule has 2 amide bonds. The van der Waals surface area contributed by atoms with E-state index in [9.17, 15) is 32.8 Å². The number of carbonyl (C=O) groups is 2. The summed E-state index contributed by atoms with van der Waals surface area (Å²) >= 11 is 0. The van der Waals surface area contributed by atoms with Crippen molar-refractivity contribution in [2.75, 3.05) is 41.3 Å². The van der Waals surface area contributed by atoms with E-state index in [0.29, 0.717) is 49.2 Å². The first-order chi connectivity index (χ1) is 26.1. The predicted octanol–water partition coefficient (Wildman–Crippen LogP) is 6.66. The number of halogens is 3. The minimum absolute atomic E-state index is 0.0528. The molecule has 0 atom stereocenters. The van der Waals surface area contributed by atoms with Gasteiger partial charge in [0.25, 0.3) is 0 Å². The van der Waals surface area contributed by atoms with Crippen LogP contribution in [0.5, 0.6) is 0 Å². The Morgan fingerprint density at radius 1 is 0.927 bits per heavy atom. The molecule has 0 radical (unpaired) electrons. The van der Waals surface area contributed by atoms with Crippen LogP contribution in [-0.2, 0) is 11.0 Å². The summed E-state index contributed by atoms with van der Waals surface area (Å²) in [5.41, 5.74) is -0.168. The number of carbonyl (C=O) groups excluding carboxylic acids is 2. The smallest absolute Gasteiger partial charge is 0.340 e. The van der Waals surface area contributed by atoms with Crippen molar-refractivity contribution in [2.45, 2.75) is 44.8 Å². The lowest BCUT2D eigenvalue weighted by atomic mass is 9.85. The van der Waals surface area contributed by atoms with Gasteiger partial charge in [0, 0.05) is 19.0 Å². The number of quaternary nitrogens is 1. The topological polar surface area (TPSA) is 118 Å². The van der Waals surface area contributed by atoms with Gasteiger partial charge in [0.2, 0.25) is 5.91 Å². The predicted molar refractivity (Wildman–Crippen MR) is 204 cm³/mol. The second-order valence-electron chi connectivity index (χ2n) is 14.6. The van der Waals surface area contributed by atoms with E-state index in [1.165, 1.54) is 23.0 Å². The molecule has 2 aromatic heterocycles. The molecule has 1 aliphatic rings. The number of nitrogens with one attached hydrogen (secondary N) is 1. The zero-order valence-corrected chi connectivity index (χ0v) is 31.6. The Kier molecular flexibility index (Phi) is 12.5. The Morgan fingerprint density at radius 2 is 1.55 bits per heavy atom. The normalized spacial score (nSPS) is 15.7. The Hall–Kier alpha value is -5.94. The van der Waals surface area contributed by atoms with E-state index in [4.69, 9.17) is 0 Å². The van der Waals surface area contributed by atoms with E-state index in [1.54, 1.807) is 49.2 Å². The van der Waals surface area contributed by atoms with Gasteiger partial charge in [-0.2, -0.15) is 23.5 Å². The molecule has 1 saturated carbocycles. The quantitative estimate of drug-likeness (QED) is 0.178. The molecule has 55 heavy (non-hydrogen) atoms. The van der Waals surface area contributed by atoms with Crippen molar-refractivity contribution < 1.29 is 27.2 Å². The first kappa shape index (κ1) is 40.2. The molecular weight excluding hydrogens is 709 g/mol. The number of hydrogen-bond donors (Lipinski definition) is 1. The van der Waals surface area contributed by atoms with Crippen molar-refractivity contribution in [3.8, 4) is 28.8 Å². The Labute approximate surface area is 318 Å². The number of amides is 2. The van der Waals surface area contributed by atoms with E-state index < -0.39 is 23.5 Å². The number of likely N-dealkylation sites (N-methyl/N-ethyl adjacent to an activating group) is 2. The third-order valence-electron chi connectivity index (χ3n) is 9.60. The Balaban J connectivity index is 0.000000881.